The van der Waals surface area contributed by atoms with Gasteiger partial charge < -0.3 is 15.4 Å². The van der Waals surface area contributed by atoms with E-state index in [0.29, 0.717) is 10.6 Å². The summed E-state index contributed by atoms with van der Waals surface area (Å²) in [5, 5.41) is 6.03. The number of amides is 2. The minimum Gasteiger partial charge on any atom is -0.456 e. The predicted octanol–water partition coefficient (Wildman–Crippen LogP) is 3.33. The molecule has 0 atom stereocenters. The zero-order chi connectivity index (χ0) is 20.7. The van der Waals surface area contributed by atoms with E-state index in [1.807, 2.05) is 13.8 Å². The number of ether oxygens (including phenoxy) is 1. The van der Waals surface area contributed by atoms with Crippen molar-refractivity contribution >= 4 is 29.4 Å². The fourth-order valence-electron chi connectivity index (χ4n) is 2.98. The third-order valence-electron chi connectivity index (χ3n) is 3.54. The van der Waals surface area contributed by atoms with Crippen LogP contribution in [0.4, 0.5) is 0 Å². The quantitative estimate of drug-likeness (QED) is 0.660. The standard InChI is InChI=1S/C20H29ClN2O4/c1-19(2,3)13-20(4,5)23-16(24)12-27-17(25)10-11-22-18(26)14-6-8-15(21)9-7-14/h6-9H,10-13H2,1-5H3,(H,22,26)(H,23,24). The van der Waals surface area contributed by atoms with Gasteiger partial charge in [-0.15, -0.1) is 0 Å². The molecule has 0 aliphatic carbocycles. The van der Waals surface area contributed by atoms with E-state index in [2.05, 4.69) is 31.4 Å². The maximum Gasteiger partial charge on any atom is 0.308 e. The summed E-state index contributed by atoms with van der Waals surface area (Å²) in [4.78, 5) is 35.6. The van der Waals surface area contributed by atoms with Crippen molar-refractivity contribution in [2.75, 3.05) is 13.2 Å². The number of halogens is 1. The van der Waals surface area contributed by atoms with E-state index in [9.17, 15) is 14.4 Å². The van der Waals surface area contributed by atoms with E-state index < -0.39 is 11.5 Å². The van der Waals surface area contributed by atoms with E-state index in [4.69, 9.17) is 16.3 Å². The van der Waals surface area contributed by atoms with Gasteiger partial charge in [-0.2, -0.15) is 0 Å². The minimum absolute atomic E-state index is 0.0159. The Morgan fingerprint density at radius 1 is 1.04 bits per heavy atom. The predicted molar refractivity (Wildman–Crippen MR) is 106 cm³/mol. The molecule has 150 valence electrons. The van der Waals surface area contributed by atoms with E-state index in [0.717, 1.165) is 6.42 Å². The summed E-state index contributed by atoms with van der Waals surface area (Å²) in [5.41, 5.74) is 0.123. The molecule has 0 saturated carbocycles. The number of hydrogen-bond donors (Lipinski definition) is 2. The highest BCUT2D eigenvalue weighted by molar-refractivity contribution is 6.30. The summed E-state index contributed by atoms with van der Waals surface area (Å²) in [6.45, 7) is 9.95. The van der Waals surface area contributed by atoms with E-state index in [1.54, 1.807) is 24.3 Å². The molecule has 0 radical (unpaired) electrons. The van der Waals surface area contributed by atoms with Crippen molar-refractivity contribution in [2.24, 2.45) is 5.41 Å². The number of carbonyl (C=O) groups excluding carboxylic acids is 3. The summed E-state index contributed by atoms with van der Waals surface area (Å²) in [6.07, 6.45) is 0.772. The molecule has 1 aromatic carbocycles. The summed E-state index contributed by atoms with van der Waals surface area (Å²) in [6, 6.07) is 6.42. The van der Waals surface area contributed by atoms with Gasteiger partial charge in [-0.25, -0.2) is 0 Å². The van der Waals surface area contributed by atoms with Crippen LogP contribution >= 0.6 is 11.6 Å². The second-order valence-electron chi connectivity index (χ2n) is 8.34. The highest BCUT2D eigenvalue weighted by Crippen LogP contribution is 2.26. The van der Waals surface area contributed by atoms with Crippen molar-refractivity contribution < 1.29 is 19.1 Å². The van der Waals surface area contributed by atoms with Gasteiger partial charge in [0, 0.05) is 22.7 Å². The molecule has 6 nitrogen and oxygen atoms in total. The van der Waals surface area contributed by atoms with Crippen LogP contribution < -0.4 is 10.6 Å². The van der Waals surface area contributed by atoms with Crippen LogP contribution in [0.2, 0.25) is 5.02 Å². The van der Waals surface area contributed by atoms with Gasteiger partial charge in [0.2, 0.25) is 0 Å². The second-order valence-corrected chi connectivity index (χ2v) is 8.78. The van der Waals surface area contributed by atoms with Crippen LogP contribution in [0.3, 0.4) is 0 Å². The van der Waals surface area contributed by atoms with Crippen LogP contribution in [0.1, 0.15) is 57.8 Å². The second kappa shape index (κ2) is 9.74. The first-order valence-electron chi connectivity index (χ1n) is 8.88. The van der Waals surface area contributed by atoms with Crippen LogP contribution in [0.25, 0.3) is 0 Å². The Balaban J connectivity index is 2.29. The number of nitrogens with one attached hydrogen (secondary N) is 2. The van der Waals surface area contributed by atoms with E-state index in [-0.39, 0.29) is 36.8 Å². The molecule has 27 heavy (non-hydrogen) atoms. The molecule has 7 heteroatoms. The fourth-order valence-corrected chi connectivity index (χ4v) is 3.11. The summed E-state index contributed by atoms with van der Waals surface area (Å²) in [7, 11) is 0. The van der Waals surface area contributed by atoms with Crippen LogP contribution in [0.5, 0.6) is 0 Å². The minimum atomic E-state index is -0.546. The van der Waals surface area contributed by atoms with Crippen molar-refractivity contribution in [3.05, 3.63) is 34.9 Å². The Labute approximate surface area is 166 Å². The van der Waals surface area contributed by atoms with Gasteiger partial charge in [-0.1, -0.05) is 32.4 Å². The normalized spacial score (nSPS) is 11.6. The SMILES string of the molecule is CC(C)(C)CC(C)(C)NC(=O)COC(=O)CCNC(=O)c1ccc(Cl)cc1. The number of carbonyl (C=O) groups is 3. The largest absolute Gasteiger partial charge is 0.456 e. The molecule has 0 aliphatic heterocycles. The first-order chi connectivity index (χ1) is 12.4. The molecule has 2 amide bonds. The molecule has 0 unspecified atom stereocenters. The smallest absolute Gasteiger partial charge is 0.308 e. The Morgan fingerprint density at radius 2 is 1.63 bits per heavy atom. The van der Waals surface area contributed by atoms with Gasteiger partial charge in [0.05, 0.1) is 6.42 Å². The maximum absolute atomic E-state index is 12.0. The first-order valence-corrected chi connectivity index (χ1v) is 9.26. The number of hydrogen-bond acceptors (Lipinski definition) is 4. The lowest BCUT2D eigenvalue weighted by Gasteiger charge is -2.33. The van der Waals surface area contributed by atoms with Crippen LogP contribution in [-0.4, -0.2) is 36.5 Å². The Kier molecular flexibility index (Phi) is 8.28. The Morgan fingerprint density at radius 3 is 2.19 bits per heavy atom. The lowest BCUT2D eigenvalue weighted by atomic mass is 9.82. The van der Waals surface area contributed by atoms with Crippen LogP contribution in [-0.2, 0) is 14.3 Å². The molecule has 1 aromatic rings. The van der Waals surface area contributed by atoms with E-state index in [1.165, 1.54) is 0 Å². The summed E-state index contributed by atoms with van der Waals surface area (Å²) < 4.78 is 4.96. The molecule has 0 aromatic heterocycles. The molecule has 0 fully saturated rings. The van der Waals surface area contributed by atoms with Crippen molar-refractivity contribution in [1.29, 1.82) is 0 Å². The molecule has 0 saturated heterocycles. The molecule has 2 N–H and O–H groups in total. The third-order valence-corrected chi connectivity index (χ3v) is 3.79. The highest BCUT2D eigenvalue weighted by atomic mass is 35.5. The molecule has 1 rings (SSSR count). The van der Waals surface area contributed by atoms with Crippen molar-refractivity contribution in [2.45, 2.75) is 53.0 Å². The van der Waals surface area contributed by atoms with Gasteiger partial charge in [0.1, 0.15) is 0 Å². The molecule has 0 heterocycles. The lowest BCUT2D eigenvalue weighted by molar-refractivity contribution is -0.149. The molecule has 0 bridgehead atoms. The van der Waals surface area contributed by atoms with Crippen molar-refractivity contribution in [3.8, 4) is 0 Å². The van der Waals surface area contributed by atoms with Gasteiger partial charge in [0.15, 0.2) is 6.61 Å². The molecular weight excluding hydrogens is 368 g/mol. The van der Waals surface area contributed by atoms with Gasteiger partial charge in [0.25, 0.3) is 11.8 Å². The fraction of sp³-hybridized carbons (Fsp3) is 0.550. The van der Waals surface area contributed by atoms with Gasteiger partial charge >= 0.3 is 5.97 Å². The van der Waals surface area contributed by atoms with E-state index >= 15 is 0 Å². The van der Waals surface area contributed by atoms with Crippen LogP contribution in [0, 0.1) is 5.41 Å². The number of benzene rings is 1. The first kappa shape index (κ1) is 23.0. The third kappa shape index (κ3) is 9.99. The zero-order valence-corrected chi connectivity index (χ0v) is 17.4. The maximum atomic E-state index is 12.0. The molecular formula is C20H29ClN2O4. The Bertz CT molecular complexity index is 664. The lowest BCUT2D eigenvalue weighted by Crippen LogP contribution is -2.47. The number of rotatable bonds is 8. The number of esters is 1. The van der Waals surface area contributed by atoms with Gasteiger partial charge in [-0.05, 0) is 49.9 Å². The summed E-state index contributed by atoms with van der Waals surface area (Å²) in [5.74, 6) is -1.20. The zero-order valence-electron chi connectivity index (χ0n) is 16.6. The monoisotopic (exact) mass is 396 g/mol. The van der Waals surface area contributed by atoms with Crippen LogP contribution in [0.15, 0.2) is 24.3 Å². The molecule has 0 aliphatic rings. The Hall–Kier alpha value is -2.08. The van der Waals surface area contributed by atoms with Crippen molar-refractivity contribution in [1.82, 2.24) is 10.6 Å². The molecule has 0 spiro atoms. The average Bonchev–Trinajstić information content (AvgIpc) is 2.50. The van der Waals surface area contributed by atoms with Gasteiger partial charge in [-0.3, -0.25) is 14.4 Å². The summed E-state index contributed by atoms with van der Waals surface area (Å²) >= 11 is 5.77. The topological polar surface area (TPSA) is 84.5 Å². The van der Waals surface area contributed by atoms with Crippen molar-refractivity contribution in [3.63, 3.8) is 0 Å². The highest BCUT2D eigenvalue weighted by Gasteiger charge is 2.27. The average molecular weight is 397 g/mol.